The summed E-state index contributed by atoms with van der Waals surface area (Å²) in [5.41, 5.74) is -7.64. The van der Waals surface area contributed by atoms with Crippen LogP contribution in [0.25, 0.3) is 0 Å². The summed E-state index contributed by atoms with van der Waals surface area (Å²) in [6.07, 6.45) is -12.7. The minimum absolute atomic E-state index is 0.00855. The Balaban J connectivity index is 1.77. The minimum Gasteiger partial charge on any atom is -0.359 e. The van der Waals surface area contributed by atoms with Gasteiger partial charge in [0.05, 0.1) is 16.8 Å². The molecule has 0 aromatic heterocycles. The fourth-order valence-electron chi connectivity index (χ4n) is 5.46. The van der Waals surface area contributed by atoms with Crippen LogP contribution in [0.3, 0.4) is 0 Å². The van der Waals surface area contributed by atoms with Crippen LogP contribution >= 0.6 is 0 Å². The summed E-state index contributed by atoms with van der Waals surface area (Å²) in [5.74, 6) is -6.00. The lowest BCUT2D eigenvalue weighted by atomic mass is 9.88. The number of sulfone groups is 1. The maximum absolute atomic E-state index is 14.3. The number of amides is 1. The van der Waals surface area contributed by atoms with Crippen LogP contribution in [0, 0.1) is 23.4 Å². The second-order valence-corrected chi connectivity index (χ2v) is 12.4. The molecule has 0 spiro atoms. The van der Waals surface area contributed by atoms with Gasteiger partial charge in [-0.3, -0.25) is 4.79 Å². The number of nitrogens with one attached hydrogen (secondary N) is 1. The summed E-state index contributed by atoms with van der Waals surface area (Å²) in [5, 5.41) is 1.06. The van der Waals surface area contributed by atoms with Crippen molar-refractivity contribution in [1.82, 2.24) is 5.32 Å². The van der Waals surface area contributed by atoms with Crippen LogP contribution in [-0.4, -0.2) is 39.0 Å². The molecule has 1 saturated carbocycles. The first kappa shape index (κ1) is 33.3. The Labute approximate surface area is 245 Å². The lowest BCUT2D eigenvalue weighted by Gasteiger charge is -2.37. The van der Waals surface area contributed by atoms with Crippen molar-refractivity contribution in [3.05, 3.63) is 101 Å². The number of alkyl halides is 6. The van der Waals surface area contributed by atoms with Gasteiger partial charge in [0.1, 0.15) is 17.5 Å². The number of rotatable bonds is 8. The van der Waals surface area contributed by atoms with E-state index < -0.39 is 86.0 Å². The van der Waals surface area contributed by atoms with Gasteiger partial charge in [-0.2, -0.15) is 26.3 Å². The average Bonchev–Trinajstić information content (AvgIpc) is 3.40. The van der Waals surface area contributed by atoms with Gasteiger partial charge in [-0.05, 0) is 54.8 Å². The number of ether oxygens (including phenoxy) is 1. The van der Waals surface area contributed by atoms with Crippen molar-refractivity contribution in [3.8, 4) is 0 Å². The molecular weight excluding hydrogens is 629 g/mol. The van der Waals surface area contributed by atoms with Gasteiger partial charge in [0, 0.05) is 30.0 Å². The highest BCUT2D eigenvalue weighted by Gasteiger charge is 2.73. The van der Waals surface area contributed by atoms with E-state index >= 15 is 0 Å². The van der Waals surface area contributed by atoms with Gasteiger partial charge >= 0.3 is 12.4 Å². The molecule has 5 nitrogen and oxygen atoms in total. The third kappa shape index (κ3) is 6.03. The Bertz CT molecular complexity index is 1570. The van der Waals surface area contributed by atoms with E-state index in [1.807, 2.05) is 0 Å². The first-order chi connectivity index (χ1) is 20.4. The maximum Gasteiger partial charge on any atom is 0.430 e. The number of benzene rings is 3. The summed E-state index contributed by atoms with van der Waals surface area (Å²) in [4.78, 5) is 12.1. The SMILES string of the molecule is CNC(=O)[C@H]1CC(c2ccc(C(OCc3c(F)cccc3F)(C(F)(F)F)C(F)(F)F)cc2)C(S(=O)(=O)c2ccc(F)cc2)C1. The van der Waals surface area contributed by atoms with Crippen LogP contribution in [0.4, 0.5) is 39.5 Å². The van der Waals surface area contributed by atoms with Crippen molar-refractivity contribution in [3.63, 3.8) is 0 Å². The first-order valence-electron chi connectivity index (χ1n) is 13.0. The highest BCUT2D eigenvalue weighted by Crippen LogP contribution is 2.54. The van der Waals surface area contributed by atoms with Crippen LogP contribution in [-0.2, 0) is 31.6 Å². The van der Waals surface area contributed by atoms with Crippen LogP contribution in [0.2, 0.25) is 0 Å². The third-order valence-electron chi connectivity index (χ3n) is 7.70. The number of carbonyl (C=O) groups excluding carboxylic acids is 1. The predicted octanol–water partition coefficient (Wildman–Crippen LogP) is 6.72. The molecule has 1 amide bonds. The second kappa shape index (κ2) is 12.1. The molecule has 0 saturated heterocycles. The van der Waals surface area contributed by atoms with E-state index in [-0.39, 0.29) is 23.3 Å². The van der Waals surface area contributed by atoms with Gasteiger partial charge in [-0.25, -0.2) is 21.6 Å². The average molecular weight is 654 g/mol. The van der Waals surface area contributed by atoms with E-state index in [4.69, 9.17) is 0 Å². The fraction of sp³-hybridized carbons (Fsp3) is 0.345. The van der Waals surface area contributed by atoms with Crippen molar-refractivity contribution >= 4 is 15.7 Å². The van der Waals surface area contributed by atoms with Crippen LogP contribution < -0.4 is 5.32 Å². The number of hydrogen-bond donors (Lipinski definition) is 1. The van der Waals surface area contributed by atoms with E-state index in [0.29, 0.717) is 24.3 Å². The van der Waals surface area contributed by atoms with E-state index in [1.165, 1.54) is 7.05 Å². The Morgan fingerprint density at radius 2 is 1.39 bits per heavy atom. The van der Waals surface area contributed by atoms with Gasteiger partial charge in [0.15, 0.2) is 9.84 Å². The van der Waals surface area contributed by atoms with E-state index in [1.54, 1.807) is 0 Å². The van der Waals surface area contributed by atoms with E-state index in [0.717, 1.165) is 42.5 Å². The highest BCUT2D eigenvalue weighted by atomic mass is 32.2. The zero-order chi connectivity index (χ0) is 32.7. The summed E-state index contributed by atoms with van der Waals surface area (Å²) < 4.78 is 159. The van der Waals surface area contributed by atoms with Crippen molar-refractivity contribution in [2.75, 3.05) is 7.05 Å². The quantitative estimate of drug-likeness (QED) is 0.217. The second-order valence-electron chi connectivity index (χ2n) is 10.2. The van der Waals surface area contributed by atoms with Crippen molar-refractivity contribution < 1.29 is 57.5 Å². The first-order valence-corrected chi connectivity index (χ1v) is 14.5. The molecule has 15 heteroatoms. The number of halogens is 9. The van der Waals surface area contributed by atoms with Crippen molar-refractivity contribution in [2.45, 2.75) is 53.5 Å². The summed E-state index contributed by atoms with van der Waals surface area (Å²) >= 11 is 0. The molecule has 1 fully saturated rings. The largest absolute Gasteiger partial charge is 0.430 e. The lowest BCUT2D eigenvalue weighted by Crippen LogP contribution is -2.55. The molecule has 0 aliphatic heterocycles. The van der Waals surface area contributed by atoms with Gasteiger partial charge in [-0.15, -0.1) is 0 Å². The van der Waals surface area contributed by atoms with Crippen molar-refractivity contribution in [1.29, 1.82) is 0 Å². The van der Waals surface area contributed by atoms with Crippen LogP contribution in [0.1, 0.15) is 35.4 Å². The maximum atomic E-state index is 14.3. The highest BCUT2D eigenvalue weighted by molar-refractivity contribution is 7.92. The van der Waals surface area contributed by atoms with E-state index in [2.05, 4.69) is 10.1 Å². The molecule has 1 aliphatic carbocycles. The smallest absolute Gasteiger partial charge is 0.359 e. The van der Waals surface area contributed by atoms with Gasteiger partial charge in [0.25, 0.3) is 5.60 Å². The molecule has 0 heterocycles. The molecule has 44 heavy (non-hydrogen) atoms. The van der Waals surface area contributed by atoms with Gasteiger partial charge in [-0.1, -0.05) is 30.3 Å². The predicted molar refractivity (Wildman–Crippen MR) is 138 cm³/mol. The molecule has 1 N–H and O–H groups in total. The topological polar surface area (TPSA) is 72.5 Å². The molecule has 3 atom stereocenters. The molecule has 0 radical (unpaired) electrons. The Kier molecular flexibility index (Phi) is 9.14. The fourth-order valence-corrected chi connectivity index (χ4v) is 7.51. The molecular formula is C29H24F9NO4S. The third-order valence-corrected chi connectivity index (χ3v) is 9.95. The Morgan fingerprint density at radius 1 is 0.841 bits per heavy atom. The van der Waals surface area contributed by atoms with Crippen LogP contribution in [0.5, 0.6) is 0 Å². The zero-order valence-electron chi connectivity index (χ0n) is 22.6. The molecule has 1 aliphatic rings. The Hall–Kier alpha value is -3.59. The van der Waals surface area contributed by atoms with Gasteiger partial charge < -0.3 is 10.1 Å². The molecule has 4 rings (SSSR count). The number of hydrogen-bond acceptors (Lipinski definition) is 4. The molecule has 238 valence electrons. The Morgan fingerprint density at radius 3 is 1.89 bits per heavy atom. The normalized spacial score (nSPS) is 19.6. The van der Waals surface area contributed by atoms with Crippen molar-refractivity contribution in [2.24, 2.45) is 5.92 Å². The van der Waals surface area contributed by atoms with Gasteiger partial charge in [0.2, 0.25) is 5.91 Å². The molecule has 3 aromatic rings. The zero-order valence-corrected chi connectivity index (χ0v) is 23.5. The lowest BCUT2D eigenvalue weighted by molar-refractivity contribution is -0.392. The monoisotopic (exact) mass is 653 g/mol. The summed E-state index contributed by atoms with van der Waals surface area (Å²) in [7, 11) is -2.95. The number of carbonyl (C=O) groups is 1. The molecule has 0 bridgehead atoms. The molecule has 2 unspecified atom stereocenters. The van der Waals surface area contributed by atoms with Crippen LogP contribution in [0.15, 0.2) is 71.6 Å². The summed E-state index contributed by atoms with van der Waals surface area (Å²) in [6.45, 7) is -1.73. The standard InChI is InChI=1S/C29H24F9NO4S/c1-39-26(40)17-13-21(25(14-17)44(41,42)20-11-9-19(30)10-12-20)16-5-7-18(8-6-16)27(28(33,34)35,29(36,37)38)43-15-22-23(31)3-2-4-24(22)32/h2-12,17,21,25H,13-15H2,1H3,(H,39,40)/t17-,21?,25?/m0/s1. The van der Waals surface area contributed by atoms with E-state index in [9.17, 15) is 52.7 Å². The minimum atomic E-state index is -6.17. The molecule has 3 aromatic carbocycles. The summed E-state index contributed by atoms with van der Waals surface area (Å²) in [6, 6.07) is 8.60.